The highest BCUT2D eigenvalue weighted by atomic mass is 32.2. The molecule has 6 nitrogen and oxygen atoms in total. The average molecular weight is 411 g/mol. The lowest BCUT2D eigenvalue weighted by Gasteiger charge is -2.21. The summed E-state index contributed by atoms with van der Waals surface area (Å²) in [5.41, 5.74) is 0.787. The molecule has 0 amide bonds. The molecule has 1 atom stereocenters. The van der Waals surface area contributed by atoms with E-state index in [0.717, 1.165) is 0 Å². The van der Waals surface area contributed by atoms with Gasteiger partial charge in [-0.25, -0.2) is 4.39 Å². The SMILES string of the molecule is O=C(CCC(c1ccccc1F)n1cccc1)C1=NS(=O)(=O)c2ccccc2N1. The molecule has 4 rings (SSSR count). The van der Waals surface area contributed by atoms with E-state index >= 15 is 0 Å². The molecule has 1 N–H and O–H groups in total. The van der Waals surface area contributed by atoms with Gasteiger partial charge in [-0.2, -0.15) is 8.42 Å². The Morgan fingerprint density at radius 2 is 1.72 bits per heavy atom. The molecule has 1 aliphatic heterocycles. The molecule has 2 heterocycles. The van der Waals surface area contributed by atoms with Crippen molar-refractivity contribution < 1.29 is 17.6 Å². The van der Waals surface area contributed by atoms with Crippen LogP contribution in [0.25, 0.3) is 0 Å². The molecule has 148 valence electrons. The third-order valence-electron chi connectivity index (χ3n) is 4.79. The minimum Gasteiger partial charge on any atom is -0.347 e. The molecule has 1 aromatic heterocycles. The number of Topliss-reactive ketones (excluding diaryl/α,β-unsaturated/α-hetero) is 1. The van der Waals surface area contributed by atoms with Gasteiger partial charge >= 0.3 is 0 Å². The Bertz CT molecular complexity index is 1190. The minimum atomic E-state index is -3.94. The lowest BCUT2D eigenvalue weighted by atomic mass is 9.99. The quantitative estimate of drug-likeness (QED) is 0.669. The third-order valence-corrected chi connectivity index (χ3v) is 6.12. The average Bonchev–Trinajstić information content (AvgIpc) is 3.23. The van der Waals surface area contributed by atoms with E-state index in [0.29, 0.717) is 11.3 Å². The predicted octanol–water partition coefficient (Wildman–Crippen LogP) is 3.78. The first-order chi connectivity index (χ1) is 14.0. The Morgan fingerprint density at radius 1 is 1.03 bits per heavy atom. The van der Waals surface area contributed by atoms with Gasteiger partial charge in [0.2, 0.25) is 0 Å². The highest BCUT2D eigenvalue weighted by Crippen LogP contribution is 2.29. The second kappa shape index (κ2) is 7.63. The zero-order valence-corrected chi connectivity index (χ0v) is 16.1. The van der Waals surface area contributed by atoms with Gasteiger partial charge in [-0.05, 0) is 36.8 Å². The topological polar surface area (TPSA) is 80.5 Å². The van der Waals surface area contributed by atoms with E-state index in [-0.39, 0.29) is 29.4 Å². The highest BCUT2D eigenvalue weighted by molar-refractivity contribution is 7.90. The Morgan fingerprint density at radius 3 is 2.48 bits per heavy atom. The van der Waals surface area contributed by atoms with Gasteiger partial charge in [0.25, 0.3) is 10.0 Å². The van der Waals surface area contributed by atoms with Crippen LogP contribution in [0.1, 0.15) is 24.4 Å². The van der Waals surface area contributed by atoms with Gasteiger partial charge < -0.3 is 9.88 Å². The second-order valence-electron chi connectivity index (χ2n) is 6.67. The smallest absolute Gasteiger partial charge is 0.286 e. The van der Waals surface area contributed by atoms with E-state index in [1.54, 1.807) is 48.8 Å². The van der Waals surface area contributed by atoms with Crippen LogP contribution >= 0.6 is 0 Å². The van der Waals surface area contributed by atoms with E-state index in [4.69, 9.17) is 0 Å². The summed E-state index contributed by atoms with van der Waals surface area (Å²) in [6.45, 7) is 0. The maximum Gasteiger partial charge on any atom is 0.286 e. The summed E-state index contributed by atoms with van der Waals surface area (Å²) in [5.74, 6) is -1.02. The van der Waals surface area contributed by atoms with E-state index in [1.807, 2.05) is 16.7 Å². The van der Waals surface area contributed by atoms with Crippen LogP contribution in [0.3, 0.4) is 0 Å². The number of nitrogens with zero attached hydrogens (tertiary/aromatic N) is 2. The number of carbonyl (C=O) groups excluding carboxylic acids is 1. The number of nitrogens with one attached hydrogen (secondary N) is 1. The maximum atomic E-state index is 14.4. The summed E-state index contributed by atoms with van der Waals surface area (Å²) in [5, 5.41) is 2.80. The van der Waals surface area contributed by atoms with E-state index in [9.17, 15) is 17.6 Å². The van der Waals surface area contributed by atoms with Crippen LogP contribution in [0.5, 0.6) is 0 Å². The van der Waals surface area contributed by atoms with Gasteiger partial charge in [0.05, 0.1) is 11.7 Å². The van der Waals surface area contributed by atoms with Gasteiger partial charge in [-0.1, -0.05) is 30.3 Å². The first-order valence-electron chi connectivity index (χ1n) is 9.07. The molecule has 29 heavy (non-hydrogen) atoms. The molecule has 0 radical (unpaired) electrons. The number of hydrogen-bond acceptors (Lipinski definition) is 4. The molecule has 0 saturated heterocycles. The van der Waals surface area contributed by atoms with E-state index in [1.165, 1.54) is 12.1 Å². The van der Waals surface area contributed by atoms with Crippen molar-refractivity contribution in [2.45, 2.75) is 23.8 Å². The number of anilines is 1. The molecule has 3 aromatic rings. The van der Waals surface area contributed by atoms with Crippen molar-refractivity contribution >= 4 is 27.3 Å². The molecule has 0 saturated carbocycles. The molecule has 0 fully saturated rings. The zero-order chi connectivity index (χ0) is 20.4. The molecule has 0 aliphatic carbocycles. The second-order valence-corrected chi connectivity index (χ2v) is 8.24. The van der Waals surface area contributed by atoms with Crippen LogP contribution in [0.2, 0.25) is 0 Å². The number of sulfonamides is 1. The lowest BCUT2D eigenvalue weighted by molar-refractivity contribution is -0.113. The normalized spacial score (nSPS) is 15.7. The van der Waals surface area contributed by atoms with Gasteiger partial charge in [0, 0.05) is 24.4 Å². The number of carbonyl (C=O) groups is 1. The third kappa shape index (κ3) is 3.84. The molecule has 0 bridgehead atoms. The number of aromatic nitrogens is 1. The molecule has 1 aliphatic rings. The molecule has 2 aromatic carbocycles. The Hall–Kier alpha value is -3.26. The van der Waals surface area contributed by atoms with E-state index < -0.39 is 21.8 Å². The van der Waals surface area contributed by atoms with Crippen molar-refractivity contribution in [2.24, 2.45) is 4.40 Å². The number of fused-ring (bicyclic) bond motifs is 1. The summed E-state index contributed by atoms with van der Waals surface area (Å²) in [7, 11) is -3.94. The van der Waals surface area contributed by atoms with E-state index in [2.05, 4.69) is 9.71 Å². The first-order valence-corrected chi connectivity index (χ1v) is 10.5. The van der Waals surface area contributed by atoms with Crippen LogP contribution in [-0.4, -0.2) is 24.6 Å². The fourth-order valence-corrected chi connectivity index (χ4v) is 4.52. The zero-order valence-electron chi connectivity index (χ0n) is 15.3. The van der Waals surface area contributed by atoms with Crippen molar-refractivity contribution in [1.82, 2.24) is 4.57 Å². The Balaban J connectivity index is 1.57. The van der Waals surface area contributed by atoms with Crippen LogP contribution in [0.4, 0.5) is 10.1 Å². The lowest BCUT2D eigenvalue weighted by Crippen LogP contribution is -2.29. The first kappa shape index (κ1) is 19.1. The van der Waals surface area contributed by atoms with Crippen LogP contribution in [-0.2, 0) is 14.8 Å². The molecular formula is C21H18FN3O3S. The standard InChI is InChI=1S/C21H18FN3O3S/c22-16-8-2-1-7-15(16)18(25-13-5-6-14-25)11-12-19(26)21-23-17-9-3-4-10-20(17)29(27,28)24-21/h1-10,13-14,18H,11-12H2,(H,23,24). The summed E-state index contributed by atoms with van der Waals surface area (Å²) < 4.78 is 44.5. The largest absolute Gasteiger partial charge is 0.347 e. The minimum absolute atomic E-state index is 0.000696. The van der Waals surface area contributed by atoms with Crippen molar-refractivity contribution in [3.63, 3.8) is 0 Å². The number of benzene rings is 2. The number of para-hydroxylation sites is 1. The summed E-state index contributed by atoms with van der Waals surface area (Å²) in [4.78, 5) is 12.8. The molecule has 0 spiro atoms. The fourth-order valence-electron chi connectivity index (χ4n) is 3.39. The number of rotatable bonds is 6. The van der Waals surface area contributed by atoms with Gasteiger partial charge in [-0.15, -0.1) is 4.40 Å². The number of hydrogen-bond donors (Lipinski definition) is 1. The maximum absolute atomic E-state index is 14.4. The van der Waals surface area contributed by atoms with Crippen LogP contribution < -0.4 is 5.32 Å². The molecular weight excluding hydrogens is 393 g/mol. The molecule has 8 heteroatoms. The highest BCUT2D eigenvalue weighted by Gasteiger charge is 2.28. The molecule has 1 unspecified atom stereocenters. The Labute approximate surface area is 167 Å². The fraction of sp³-hybridized carbons (Fsp3) is 0.143. The summed E-state index contributed by atoms with van der Waals surface area (Å²) >= 11 is 0. The van der Waals surface area contributed by atoms with Crippen molar-refractivity contribution in [3.8, 4) is 0 Å². The van der Waals surface area contributed by atoms with Gasteiger partial charge in [0.1, 0.15) is 10.7 Å². The monoisotopic (exact) mass is 411 g/mol. The van der Waals surface area contributed by atoms with Gasteiger partial charge in [-0.3, -0.25) is 4.79 Å². The summed E-state index contributed by atoms with van der Waals surface area (Å²) in [6, 6.07) is 15.9. The number of ketones is 1. The van der Waals surface area contributed by atoms with Crippen LogP contribution in [0.15, 0.2) is 82.4 Å². The van der Waals surface area contributed by atoms with Crippen LogP contribution in [0, 0.1) is 5.82 Å². The number of amidine groups is 1. The van der Waals surface area contributed by atoms with Crippen molar-refractivity contribution in [2.75, 3.05) is 5.32 Å². The number of halogens is 1. The Kier molecular flexibility index (Phi) is 5.02. The summed E-state index contributed by atoms with van der Waals surface area (Å²) in [6.07, 6.45) is 3.90. The predicted molar refractivity (Wildman–Crippen MR) is 108 cm³/mol. The van der Waals surface area contributed by atoms with Crippen molar-refractivity contribution in [1.29, 1.82) is 0 Å². The van der Waals surface area contributed by atoms with Crippen molar-refractivity contribution in [3.05, 3.63) is 84.4 Å². The van der Waals surface area contributed by atoms with Gasteiger partial charge in [0.15, 0.2) is 11.6 Å².